The van der Waals surface area contributed by atoms with Crippen molar-refractivity contribution >= 4 is 18.0 Å². The Morgan fingerprint density at radius 1 is 1.09 bits per heavy atom. The zero-order chi connectivity index (χ0) is 23.6. The number of hydrogen-bond donors (Lipinski definition) is 4. The Morgan fingerprint density at radius 3 is 2.27 bits per heavy atom. The predicted molar refractivity (Wildman–Crippen MR) is 121 cm³/mol. The Morgan fingerprint density at radius 2 is 1.70 bits per heavy atom. The second kappa shape index (κ2) is 9.23. The highest BCUT2D eigenvalue weighted by molar-refractivity contribution is 5.88. The fourth-order valence-electron chi connectivity index (χ4n) is 4.96. The molecule has 8 heteroatoms. The van der Waals surface area contributed by atoms with Crippen molar-refractivity contribution in [2.45, 2.75) is 44.2 Å². The number of amides is 2. The van der Waals surface area contributed by atoms with E-state index in [1.54, 1.807) is 6.92 Å². The van der Waals surface area contributed by atoms with Crippen molar-refractivity contribution in [2.24, 2.45) is 5.41 Å². The highest BCUT2D eigenvalue weighted by atomic mass is 16.5. The van der Waals surface area contributed by atoms with Crippen LogP contribution in [0, 0.1) is 5.41 Å². The molecule has 0 aliphatic heterocycles. The Balaban J connectivity index is 1.41. The molecule has 2 aromatic rings. The molecule has 2 aliphatic rings. The first kappa shape index (κ1) is 22.8. The molecule has 0 radical (unpaired) electrons. The SMILES string of the molecule is CC1(C(=O)N[C@H](CO)C(=O)O)CCCC1NC(=O)OCC1c2ccccc2-c2ccccc21. The Hall–Kier alpha value is -3.39. The van der Waals surface area contributed by atoms with E-state index in [9.17, 15) is 19.5 Å². The summed E-state index contributed by atoms with van der Waals surface area (Å²) in [7, 11) is 0. The average Bonchev–Trinajstić information content (AvgIpc) is 3.34. The van der Waals surface area contributed by atoms with Crippen LogP contribution in [0.5, 0.6) is 0 Å². The number of alkyl carbamates (subject to hydrolysis) is 1. The van der Waals surface area contributed by atoms with Gasteiger partial charge in [0.25, 0.3) is 0 Å². The Kier molecular flexibility index (Phi) is 6.37. The van der Waals surface area contributed by atoms with Gasteiger partial charge in [-0.2, -0.15) is 0 Å². The monoisotopic (exact) mass is 452 g/mol. The van der Waals surface area contributed by atoms with Gasteiger partial charge in [-0.3, -0.25) is 4.79 Å². The summed E-state index contributed by atoms with van der Waals surface area (Å²) >= 11 is 0. The number of carbonyl (C=O) groups is 3. The van der Waals surface area contributed by atoms with Crippen LogP contribution in [0.2, 0.25) is 0 Å². The van der Waals surface area contributed by atoms with Crippen LogP contribution in [0.4, 0.5) is 4.79 Å². The van der Waals surface area contributed by atoms with Crippen molar-refractivity contribution < 1.29 is 29.3 Å². The van der Waals surface area contributed by atoms with Gasteiger partial charge < -0.3 is 25.6 Å². The van der Waals surface area contributed by atoms with Crippen LogP contribution in [0.1, 0.15) is 43.2 Å². The van der Waals surface area contributed by atoms with Crippen LogP contribution < -0.4 is 10.6 Å². The minimum atomic E-state index is -1.38. The van der Waals surface area contributed by atoms with Crippen molar-refractivity contribution in [1.29, 1.82) is 0 Å². The molecule has 0 bridgehead atoms. The standard InChI is InChI=1S/C25H28N2O6/c1-25(23(31)26-20(13-28)22(29)30)12-6-11-21(25)27-24(32)33-14-19-17-9-4-2-7-15(17)16-8-3-5-10-18(16)19/h2-5,7-10,19-21,28H,6,11-14H2,1H3,(H,26,31)(H,27,32)(H,29,30)/t20-,21?,25?/m1/s1. The number of ether oxygens (including phenoxy) is 1. The van der Waals surface area contributed by atoms with Gasteiger partial charge in [0.15, 0.2) is 0 Å². The number of nitrogens with one attached hydrogen (secondary N) is 2. The fourth-order valence-corrected chi connectivity index (χ4v) is 4.96. The van der Waals surface area contributed by atoms with E-state index < -0.39 is 42.1 Å². The smallest absolute Gasteiger partial charge is 0.407 e. The minimum absolute atomic E-state index is 0.0673. The van der Waals surface area contributed by atoms with E-state index in [1.807, 2.05) is 36.4 Å². The van der Waals surface area contributed by atoms with Gasteiger partial charge in [-0.15, -0.1) is 0 Å². The predicted octanol–water partition coefficient (Wildman–Crippen LogP) is 2.65. The third-order valence-corrected chi connectivity index (χ3v) is 6.90. The number of aliphatic hydroxyl groups excluding tert-OH is 1. The Labute approximate surface area is 192 Å². The molecule has 1 fully saturated rings. The van der Waals surface area contributed by atoms with E-state index in [1.165, 1.54) is 0 Å². The number of carboxylic acid groups (broad SMARTS) is 1. The van der Waals surface area contributed by atoms with Crippen LogP contribution in [0.25, 0.3) is 11.1 Å². The molecule has 0 aromatic heterocycles. The molecule has 0 spiro atoms. The minimum Gasteiger partial charge on any atom is -0.480 e. The molecule has 0 heterocycles. The maximum atomic E-state index is 12.8. The lowest BCUT2D eigenvalue weighted by Gasteiger charge is -2.31. The lowest BCUT2D eigenvalue weighted by molar-refractivity contribution is -0.145. The molecule has 2 aromatic carbocycles. The summed E-state index contributed by atoms with van der Waals surface area (Å²) in [4.78, 5) is 36.6. The topological polar surface area (TPSA) is 125 Å². The van der Waals surface area contributed by atoms with Gasteiger partial charge in [-0.05, 0) is 42.0 Å². The molecule has 0 saturated heterocycles. The molecular formula is C25H28N2O6. The van der Waals surface area contributed by atoms with Crippen LogP contribution >= 0.6 is 0 Å². The molecule has 1 saturated carbocycles. The highest BCUT2D eigenvalue weighted by Crippen LogP contribution is 2.44. The molecule has 2 amide bonds. The summed E-state index contributed by atoms with van der Waals surface area (Å²) in [5, 5.41) is 23.5. The fraction of sp³-hybridized carbons (Fsp3) is 0.400. The molecule has 4 N–H and O–H groups in total. The number of carbonyl (C=O) groups excluding carboxylic acids is 2. The van der Waals surface area contributed by atoms with E-state index in [2.05, 4.69) is 22.8 Å². The van der Waals surface area contributed by atoms with Gasteiger partial charge in [0.2, 0.25) is 5.91 Å². The van der Waals surface area contributed by atoms with Gasteiger partial charge in [-0.1, -0.05) is 55.0 Å². The van der Waals surface area contributed by atoms with Crippen LogP contribution in [-0.4, -0.2) is 53.5 Å². The second-order valence-corrected chi connectivity index (χ2v) is 8.88. The number of carboxylic acids is 1. The zero-order valence-corrected chi connectivity index (χ0v) is 18.4. The number of rotatable bonds is 7. The summed E-state index contributed by atoms with van der Waals surface area (Å²) in [6.45, 7) is 1.16. The van der Waals surface area contributed by atoms with Crippen molar-refractivity contribution in [2.75, 3.05) is 13.2 Å². The van der Waals surface area contributed by atoms with E-state index in [0.717, 1.165) is 22.3 Å². The van der Waals surface area contributed by atoms with E-state index in [0.29, 0.717) is 19.3 Å². The molecule has 2 unspecified atom stereocenters. The van der Waals surface area contributed by atoms with Crippen LogP contribution in [0.3, 0.4) is 0 Å². The van der Waals surface area contributed by atoms with Gasteiger partial charge in [0.1, 0.15) is 12.6 Å². The molecular weight excluding hydrogens is 424 g/mol. The number of fused-ring (bicyclic) bond motifs is 3. The second-order valence-electron chi connectivity index (χ2n) is 8.88. The molecule has 8 nitrogen and oxygen atoms in total. The van der Waals surface area contributed by atoms with Crippen LogP contribution in [0.15, 0.2) is 48.5 Å². The lowest BCUT2D eigenvalue weighted by atomic mass is 9.83. The van der Waals surface area contributed by atoms with E-state index >= 15 is 0 Å². The van der Waals surface area contributed by atoms with Crippen molar-refractivity contribution in [3.8, 4) is 11.1 Å². The van der Waals surface area contributed by atoms with Crippen molar-refractivity contribution in [1.82, 2.24) is 10.6 Å². The first-order chi connectivity index (χ1) is 15.8. The third-order valence-electron chi connectivity index (χ3n) is 6.90. The maximum Gasteiger partial charge on any atom is 0.407 e. The average molecular weight is 453 g/mol. The summed E-state index contributed by atoms with van der Waals surface area (Å²) in [5.74, 6) is -1.89. The molecule has 174 valence electrons. The third kappa shape index (κ3) is 4.30. The number of hydrogen-bond acceptors (Lipinski definition) is 5. The first-order valence-corrected chi connectivity index (χ1v) is 11.1. The molecule has 3 atom stereocenters. The maximum absolute atomic E-state index is 12.8. The summed E-state index contributed by atoms with van der Waals surface area (Å²) < 4.78 is 5.60. The lowest BCUT2D eigenvalue weighted by Crippen LogP contribution is -2.55. The van der Waals surface area contributed by atoms with Gasteiger partial charge in [0, 0.05) is 12.0 Å². The van der Waals surface area contributed by atoms with Crippen molar-refractivity contribution in [3.63, 3.8) is 0 Å². The quantitative estimate of drug-likeness (QED) is 0.512. The summed E-state index contributed by atoms with van der Waals surface area (Å²) in [5.41, 5.74) is 3.51. The summed E-state index contributed by atoms with van der Waals surface area (Å²) in [6, 6.07) is 14.2. The first-order valence-electron chi connectivity index (χ1n) is 11.1. The van der Waals surface area contributed by atoms with Gasteiger partial charge in [0.05, 0.1) is 12.0 Å². The Bertz CT molecular complexity index is 1020. The largest absolute Gasteiger partial charge is 0.480 e. The highest BCUT2D eigenvalue weighted by Gasteiger charge is 2.47. The van der Waals surface area contributed by atoms with E-state index in [-0.39, 0.29) is 12.5 Å². The molecule has 33 heavy (non-hydrogen) atoms. The normalized spacial score (nSPS) is 22.2. The van der Waals surface area contributed by atoms with Gasteiger partial charge in [-0.25, -0.2) is 9.59 Å². The molecule has 2 aliphatic carbocycles. The number of aliphatic carboxylic acids is 1. The zero-order valence-electron chi connectivity index (χ0n) is 18.4. The number of benzene rings is 2. The summed E-state index contributed by atoms with van der Waals surface area (Å²) in [6.07, 6.45) is 1.16. The van der Waals surface area contributed by atoms with Crippen molar-refractivity contribution in [3.05, 3.63) is 59.7 Å². The van der Waals surface area contributed by atoms with Crippen LogP contribution in [-0.2, 0) is 14.3 Å². The molecule has 4 rings (SSSR count). The van der Waals surface area contributed by atoms with E-state index in [4.69, 9.17) is 9.84 Å². The van der Waals surface area contributed by atoms with Gasteiger partial charge >= 0.3 is 12.1 Å². The number of aliphatic hydroxyl groups is 1.